The molecule has 0 radical (unpaired) electrons. The van der Waals surface area contributed by atoms with E-state index in [0.717, 1.165) is 17.2 Å². The van der Waals surface area contributed by atoms with E-state index in [1.165, 1.54) is 31.4 Å². The number of benzene rings is 3. The van der Waals surface area contributed by atoms with Gasteiger partial charge >= 0.3 is 5.69 Å². The quantitative estimate of drug-likeness (QED) is 0.394. The van der Waals surface area contributed by atoms with E-state index >= 15 is 0 Å². The number of carbonyl (C=O) groups is 1. The predicted molar refractivity (Wildman–Crippen MR) is 119 cm³/mol. The van der Waals surface area contributed by atoms with Crippen LogP contribution >= 0.6 is 0 Å². The molecule has 9 nitrogen and oxygen atoms in total. The molecule has 3 rings (SSSR count). The lowest BCUT2D eigenvalue weighted by Gasteiger charge is -2.13. The van der Waals surface area contributed by atoms with Gasteiger partial charge in [0, 0.05) is 12.6 Å². The van der Waals surface area contributed by atoms with Crippen molar-refractivity contribution < 1.29 is 22.9 Å². The summed E-state index contributed by atoms with van der Waals surface area (Å²) in [5.41, 5.74) is 1.67. The van der Waals surface area contributed by atoms with Gasteiger partial charge in [-0.25, -0.2) is 8.42 Å². The van der Waals surface area contributed by atoms with Crippen LogP contribution in [-0.2, 0) is 16.6 Å². The highest BCUT2D eigenvalue weighted by Gasteiger charge is 2.23. The Bertz CT molecular complexity index is 1260. The van der Waals surface area contributed by atoms with Crippen molar-refractivity contribution in [3.05, 3.63) is 93.5 Å². The fraction of sp³-hybridized carbons (Fsp3) is 0.136. The van der Waals surface area contributed by atoms with Gasteiger partial charge in [-0.3, -0.25) is 19.6 Å². The summed E-state index contributed by atoms with van der Waals surface area (Å²) in [4.78, 5) is 22.9. The predicted octanol–water partition coefficient (Wildman–Crippen LogP) is 3.64. The molecule has 0 aliphatic carbocycles. The third-order valence-corrected chi connectivity index (χ3v) is 6.01. The molecule has 3 aromatic rings. The molecule has 0 aromatic heterocycles. The van der Waals surface area contributed by atoms with Crippen molar-refractivity contribution in [2.24, 2.45) is 0 Å². The maximum atomic E-state index is 12.9. The average molecular weight is 455 g/mol. The first kappa shape index (κ1) is 22.8. The summed E-state index contributed by atoms with van der Waals surface area (Å²) in [6, 6.07) is 17.0. The number of amides is 1. The van der Waals surface area contributed by atoms with Crippen LogP contribution in [0.3, 0.4) is 0 Å². The molecule has 0 aliphatic heterocycles. The molecule has 0 atom stereocenters. The highest BCUT2D eigenvalue weighted by Crippen LogP contribution is 2.30. The van der Waals surface area contributed by atoms with Crippen LogP contribution in [0.4, 0.5) is 11.4 Å². The van der Waals surface area contributed by atoms with Gasteiger partial charge in [0.15, 0.2) is 5.75 Å². The fourth-order valence-corrected chi connectivity index (χ4v) is 4.04. The van der Waals surface area contributed by atoms with Crippen molar-refractivity contribution in [1.29, 1.82) is 0 Å². The summed E-state index contributed by atoms with van der Waals surface area (Å²) in [7, 11) is -2.96. The number of nitrogens with one attached hydrogen (secondary N) is 2. The number of nitro groups is 1. The Labute approximate surface area is 185 Å². The van der Waals surface area contributed by atoms with Crippen LogP contribution in [0.1, 0.15) is 21.5 Å². The number of anilines is 1. The number of carbonyl (C=O) groups excluding carboxylic acids is 1. The van der Waals surface area contributed by atoms with E-state index in [-0.39, 0.29) is 28.4 Å². The molecular weight excluding hydrogens is 434 g/mol. The van der Waals surface area contributed by atoms with Gasteiger partial charge < -0.3 is 10.1 Å². The minimum Gasteiger partial charge on any atom is -0.490 e. The van der Waals surface area contributed by atoms with Gasteiger partial charge in [0.1, 0.15) is 0 Å². The van der Waals surface area contributed by atoms with E-state index in [1.54, 1.807) is 12.1 Å². The Hall–Kier alpha value is -3.92. The van der Waals surface area contributed by atoms with Crippen LogP contribution in [0, 0.1) is 17.0 Å². The zero-order chi connectivity index (χ0) is 23.3. The number of rotatable bonds is 8. The SMILES string of the molecule is COc1ccc(S(=O)(=O)Nc2ccccc2C(=O)NCc2ccc(C)cc2)cc1[N+](=O)[O-]. The second-order valence-corrected chi connectivity index (χ2v) is 8.59. The number of hydrogen-bond donors (Lipinski definition) is 2. The van der Waals surface area contributed by atoms with Gasteiger partial charge in [-0.2, -0.15) is 0 Å². The lowest BCUT2D eigenvalue weighted by atomic mass is 10.1. The molecule has 0 unspecified atom stereocenters. The van der Waals surface area contributed by atoms with Gasteiger partial charge in [-0.1, -0.05) is 42.0 Å². The summed E-state index contributed by atoms with van der Waals surface area (Å²) in [6.45, 7) is 2.23. The molecule has 0 bridgehead atoms. The lowest BCUT2D eigenvalue weighted by molar-refractivity contribution is -0.386. The van der Waals surface area contributed by atoms with E-state index in [4.69, 9.17) is 4.74 Å². The maximum absolute atomic E-state index is 12.9. The van der Waals surface area contributed by atoms with Gasteiger partial charge in [-0.15, -0.1) is 0 Å². The van der Waals surface area contributed by atoms with Crippen LogP contribution in [0.2, 0.25) is 0 Å². The number of para-hydroxylation sites is 1. The second-order valence-electron chi connectivity index (χ2n) is 6.91. The van der Waals surface area contributed by atoms with E-state index < -0.39 is 26.5 Å². The number of ether oxygens (including phenoxy) is 1. The molecule has 2 N–H and O–H groups in total. The number of methoxy groups -OCH3 is 1. The molecule has 10 heteroatoms. The highest BCUT2D eigenvalue weighted by atomic mass is 32.2. The van der Waals surface area contributed by atoms with Crippen LogP contribution in [0.5, 0.6) is 5.75 Å². The molecule has 0 fully saturated rings. The van der Waals surface area contributed by atoms with Crippen molar-refractivity contribution >= 4 is 27.3 Å². The number of nitro benzene ring substituents is 1. The molecule has 0 saturated heterocycles. The second kappa shape index (κ2) is 9.48. The summed E-state index contributed by atoms with van der Waals surface area (Å²) in [5.74, 6) is -0.533. The zero-order valence-electron chi connectivity index (χ0n) is 17.4. The first-order valence-electron chi connectivity index (χ1n) is 9.49. The van der Waals surface area contributed by atoms with E-state index in [9.17, 15) is 23.3 Å². The number of hydrogen-bond acceptors (Lipinski definition) is 6. The third-order valence-electron chi connectivity index (χ3n) is 4.65. The minimum absolute atomic E-state index is 0.0485. The summed E-state index contributed by atoms with van der Waals surface area (Å²) >= 11 is 0. The molecular formula is C22H21N3O6S. The maximum Gasteiger partial charge on any atom is 0.312 e. The minimum atomic E-state index is -4.21. The Morgan fingerprint density at radius 2 is 1.75 bits per heavy atom. The van der Waals surface area contributed by atoms with Crippen LogP contribution < -0.4 is 14.8 Å². The van der Waals surface area contributed by atoms with E-state index in [1.807, 2.05) is 31.2 Å². The zero-order valence-corrected chi connectivity index (χ0v) is 18.2. The summed E-state index contributed by atoms with van der Waals surface area (Å²) in [6.07, 6.45) is 0. The monoisotopic (exact) mass is 455 g/mol. The molecule has 0 saturated carbocycles. The molecule has 0 spiro atoms. The first-order valence-corrected chi connectivity index (χ1v) is 11.0. The first-order chi connectivity index (χ1) is 15.2. The summed E-state index contributed by atoms with van der Waals surface area (Å²) < 4.78 is 33.0. The topological polar surface area (TPSA) is 128 Å². The van der Waals surface area contributed by atoms with Gasteiger partial charge in [0.2, 0.25) is 0 Å². The van der Waals surface area contributed by atoms with Crippen molar-refractivity contribution in [2.45, 2.75) is 18.4 Å². The molecule has 0 heterocycles. The van der Waals surface area contributed by atoms with Crippen molar-refractivity contribution in [3.63, 3.8) is 0 Å². The van der Waals surface area contributed by atoms with E-state index in [2.05, 4.69) is 10.0 Å². The lowest BCUT2D eigenvalue weighted by Crippen LogP contribution is -2.25. The highest BCUT2D eigenvalue weighted by molar-refractivity contribution is 7.92. The third kappa shape index (κ3) is 5.22. The Morgan fingerprint density at radius 3 is 2.41 bits per heavy atom. The molecule has 3 aromatic carbocycles. The van der Waals surface area contributed by atoms with Gasteiger partial charge in [0.05, 0.1) is 28.2 Å². The van der Waals surface area contributed by atoms with Crippen molar-refractivity contribution in [1.82, 2.24) is 5.32 Å². The van der Waals surface area contributed by atoms with Crippen LogP contribution in [0.15, 0.2) is 71.6 Å². The smallest absolute Gasteiger partial charge is 0.312 e. The Morgan fingerprint density at radius 1 is 1.06 bits per heavy atom. The largest absolute Gasteiger partial charge is 0.490 e. The normalized spacial score (nSPS) is 10.9. The van der Waals surface area contributed by atoms with Crippen molar-refractivity contribution in [3.8, 4) is 5.75 Å². The number of aryl methyl sites for hydroxylation is 1. The Kier molecular flexibility index (Phi) is 6.74. The molecule has 166 valence electrons. The van der Waals surface area contributed by atoms with Gasteiger partial charge in [-0.05, 0) is 36.8 Å². The fourth-order valence-electron chi connectivity index (χ4n) is 2.94. The molecule has 32 heavy (non-hydrogen) atoms. The number of sulfonamides is 1. The Balaban J connectivity index is 1.83. The average Bonchev–Trinajstić information content (AvgIpc) is 2.78. The van der Waals surface area contributed by atoms with Gasteiger partial charge in [0.25, 0.3) is 15.9 Å². The number of nitrogens with zero attached hydrogens (tertiary/aromatic N) is 1. The molecule has 1 amide bonds. The summed E-state index contributed by atoms with van der Waals surface area (Å²) in [5, 5.41) is 14.0. The van der Waals surface area contributed by atoms with Crippen LogP contribution in [0.25, 0.3) is 0 Å². The van der Waals surface area contributed by atoms with E-state index in [0.29, 0.717) is 0 Å². The molecule has 0 aliphatic rings. The van der Waals surface area contributed by atoms with Crippen molar-refractivity contribution in [2.75, 3.05) is 11.8 Å². The van der Waals surface area contributed by atoms with Crippen LogP contribution in [-0.4, -0.2) is 26.4 Å². The standard InChI is InChI=1S/C22H21N3O6S/c1-15-7-9-16(10-8-15)14-23-22(26)18-5-3-4-6-19(18)24-32(29,30)17-11-12-21(31-2)20(13-17)25(27)28/h3-13,24H,14H2,1-2H3,(H,23,26).